The maximum Gasteiger partial charge on any atom is 0.183 e. The average Bonchev–Trinajstić information content (AvgIpc) is 3.02. The Hall–Kier alpha value is -2.93. The predicted molar refractivity (Wildman–Crippen MR) is 90.3 cm³/mol. The monoisotopic (exact) mass is 323 g/mol. The average molecular weight is 323 g/mol. The zero-order valence-corrected chi connectivity index (χ0v) is 13.0. The molecule has 0 unspecified atom stereocenters. The molecule has 2 N–H and O–H groups in total. The molecule has 0 spiro atoms. The van der Waals surface area contributed by atoms with E-state index >= 15 is 0 Å². The molecule has 0 atom stereocenters. The van der Waals surface area contributed by atoms with Gasteiger partial charge in [0.1, 0.15) is 18.2 Å². The fourth-order valence-corrected chi connectivity index (χ4v) is 2.65. The first-order valence-electron chi connectivity index (χ1n) is 7.83. The molecule has 24 heavy (non-hydrogen) atoms. The lowest BCUT2D eigenvalue weighted by molar-refractivity contribution is -0.120. The van der Waals surface area contributed by atoms with Crippen LogP contribution in [0.2, 0.25) is 0 Å². The first-order valence-corrected chi connectivity index (χ1v) is 7.83. The van der Waals surface area contributed by atoms with Gasteiger partial charge in [-0.3, -0.25) is 4.79 Å². The maximum absolute atomic E-state index is 11.8. The maximum atomic E-state index is 11.8. The highest BCUT2D eigenvalue weighted by molar-refractivity contribution is 5.82. The lowest BCUT2D eigenvalue weighted by Gasteiger charge is -2.08. The van der Waals surface area contributed by atoms with E-state index in [9.17, 15) is 4.79 Å². The van der Waals surface area contributed by atoms with Crippen molar-refractivity contribution in [1.29, 1.82) is 0 Å². The molecular weight excluding hydrogens is 306 g/mol. The smallest absolute Gasteiger partial charge is 0.183 e. The van der Waals surface area contributed by atoms with E-state index in [0.29, 0.717) is 25.4 Å². The van der Waals surface area contributed by atoms with Crippen LogP contribution in [0.25, 0.3) is 16.8 Å². The van der Waals surface area contributed by atoms with Crippen LogP contribution in [0.1, 0.15) is 0 Å². The Bertz CT molecular complexity index is 890. The van der Waals surface area contributed by atoms with Crippen LogP contribution in [0, 0.1) is 0 Å². The molecule has 7 nitrogen and oxygen atoms in total. The Morgan fingerprint density at radius 2 is 2.17 bits per heavy atom. The fourth-order valence-electron chi connectivity index (χ4n) is 2.65. The van der Waals surface area contributed by atoms with E-state index in [1.807, 2.05) is 36.5 Å². The van der Waals surface area contributed by atoms with Gasteiger partial charge in [0, 0.05) is 24.8 Å². The molecule has 1 aromatic carbocycles. The molecule has 0 fully saturated rings. The van der Waals surface area contributed by atoms with Crippen molar-refractivity contribution in [1.82, 2.24) is 19.9 Å². The summed E-state index contributed by atoms with van der Waals surface area (Å²) in [7, 11) is 0. The first-order chi connectivity index (χ1) is 11.8. The number of carbonyl (C=O) groups is 1. The number of rotatable bonds is 0. The molecule has 122 valence electrons. The SMILES string of the molecule is O=C1CNCCNc2ccn3ncc(c3n2)-c2cccc(c2)OC1. The van der Waals surface area contributed by atoms with Crippen molar-refractivity contribution in [3.63, 3.8) is 0 Å². The summed E-state index contributed by atoms with van der Waals surface area (Å²) in [6.07, 6.45) is 3.67. The third-order valence-corrected chi connectivity index (χ3v) is 3.84. The van der Waals surface area contributed by atoms with Crippen LogP contribution in [0.15, 0.2) is 42.7 Å². The van der Waals surface area contributed by atoms with Crippen LogP contribution < -0.4 is 15.4 Å². The van der Waals surface area contributed by atoms with E-state index in [1.165, 1.54) is 0 Å². The molecule has 0 saturated carbocycles. The lowest BCUT2D eigenvalue weighted by Crippen LogP contribution is -2.30. The van der Waals surface area contributed by atoms with Crippen LogP contribution >= 0.6 is 0 Å². The predicted octanol–water partition coefficient (Wildman–Crippen LogP) is 1.36. The fraction of sp³-hybridized carbons (Fsp3) is 0.235. The van der Waals surface area contributed by atoms with Crippen molar-refractivity contribution in [2.45, 2.75) is 0 Å². The lowest BCUT2D eigenvalue weighted by atomic mass is 10.1. The number of ketones is 1. The number of nitrogens with one attached hydrogen (secondary N) is 2. The summed E-state index contributed by atoms with van der Waals surface area (Å²) in [5.74, 6) is 1.45. The molecule has 1 aliphatic rings. The van der Waals surface area contributed by atoms with Gasteiger partial charge in [-0.2, -0.15) is 5.10 Å². The van der Waals surface area contributed by atoms with Crippen molar-refractivity contribution >= 4 is 17.2 Å². The summed E-state index contributed by atoms with van der Waals surface area (Å²) >= 11 is 0. The highest BCUT2D eigenvalue weighted by atomic mass is 16.5. The van der Waals surface area contributed by atoms with Gasteiger partial charge < -0.3 is 15.4 Å². The quantitative estimate of drug-likeness (QED) is 0.650. The number of aromatic nitrogens is 3. The largest absolute Gasteiger partial charge is 0.486 e. The third kappa shape index (κ3) is 2.93. The second kappa shape index (κ2) is 6.29. The Labute approximate surface area is 138 Å². The molecule has 0 radical (unpaired) electrons. The minimum absolute atomic E-state index is 0.0156. The van der Waals surface area contributed by atoms with Gasteiger partial charge in [-0.1, -0.05) is 12.1 Å². The number of hydrogen-bond acceptors (Lipinski definition) is 6. The van der Waals surface area contributed by atoms with Crippen LogP contribution in [-0.4, -0.2) is 46.6 Å². The zero-order valence-electron chi connectivity index (χ0n) is 13.0. The van der Waals surface area contributed by atoms with Gasteiger partial charge in [0.2, 0.25) is 0 Å². The molecule has 2 aromatic heterocycles. The Kier molecular flexibility index (Phi) is 3.84. The Morgan fingerprint density at radius 3 is 3.12 bits per heavy atom. The van der Waals surface area contributed by atoms with Crippen molar-refractivity contribution in [2.75, 3.05) is 31.6 Å². The van der Waals surface area contributed by atoms with Gasteiger partial charge in [-0.25, -0.2) is 9.50 Å². The van der Waals surface area contributed by atoms with E-state index in [-0.39, 0.29) is 12.4 Å². The van der Waals surface area contributed by atoms with E-state index in [1.54, 1.807) is 10.7 Å². The minimum Gasteiger partial charge on any atom is -0.486 e. The van der Waals surface area contributed by atoms with Gasteiger partial charge >= 0.3 is 0 Å². The number of nitrogens with zero attached hydrogens (tertiary/aromatic N) is 3. The van der Waals surface area contributed by atoms with Gasteiger partial charge in [-0.15, -0.1) is 0 Å². The number of carbonyl (C=O) groups excluding carboxylic acids is 1. The summed E-state index contributed by atoms with van der Waals surface area (Å²) in [6, 6.07) is 9.50. The summed E-state index contributed by atoms with van der Waals surface area (Å²) < 4.78 is 7.35. The Balaban J connectivity index is 1.78. The second-order valence-electron chi connectivity index (χ2n) is 5.60. The van der Waals surface area contributed by atoms with Crippen LogP contribution in [-0.2, 0) is 4.79 Å². The summed E-state index contributed by atoms with van der Waals surface area (Å²) in [4.78, 5) is 16.5. The molecule has 7 heteroatoms. The van der Waals surface area contributed by atoms with E-state index < -0.39 is 0 Å². The van der Waals surface area contributed by atoms with Gasteiger partial charge in [-0.05, 0) is 23.8 Å². The van der Waals surface area contributed by atoms with E-state index in [2.05, 4.69) is 20.7 Å². The van der Waals surface area contributed by atoms with Gasteiger partial charge in [0.05, 0.1) is 12.7 Å². The molecular formula is C17H17N5O2. The molecule has 0 amide bonds. The number of ether oxygens (including phenoxy) is 1. The van der Waals surface area contributed by atoms with Crippen molar-refractivity contribution in [3.05, 3.63) is 42.7 Å². The number of benzene rings is 1. The number of Topliss-reactive ketones (excluding diaryl/α,β-unsaturated/α-hetero) is 1. The molecule has 4 bridgehead atoms. The normalized spacial score (nSPS) is 15.4. The molecule has 3 heterocycles. The summed E-state index contributed by atoms with van der Waals surface area (Å²) in [5.41, 5.74) is 2.65. The van der Waals surface area contributed by atoms with Crippen LogP contribution in [0.5, 0.6) is 5.75 Å². The highest BCUT2D eigenvalue weighted by Gasteiger charge is 2.11. The van der Waals surface area contributed by atoms with E-state index in [4.69, 9.17) is 4.74 Å². The van der Waals surface area contributed by atoms with Crippen molar-refractivity contribution in [2.24, 2.45) is 0 Å². The van der Waals surface area contributed by atoms with E-state index in [0.717, 1.165) is 22.6 Å². The molecule has 3 aromatic rings. The van der Waals surface area contributed by atoms with Crippen molar-refractivity contribution in [3.8, 4) is 16.9 Å². The minimum atomic E-state index is 0.0156. The second-order valence-corrected chi connectivity index (χ2v) is 5.60. The zero-order chi connectivity index (χ0) is 16.4. The highest BCUT2D eigenvalue weighted by Crippen LogP contribution is 2.27. The standard InChI is InChI=1S/C17H17N5O2/c23-13-9-18-5-6-19-16-4-7-22-17(21-16)15(10-20-22)12-2-1-3-14(8-12)24-11-13/h1-4,7-8,10,18H,5-6,9,11H2,(H,19,21). The number of anilines is 1. The molecule has 4 rings (SSSR count). The van der Waals surface area contributed by atoms with Crippen LogP contribution in [0.4, 0.5) is 5.82 Å². The number of hydrogen-bond donors (Lipinski definition) is 2. The molecule has 1 aliphatic heterocycles. The van der Waals surface area contributed by atoms with Crippen molar-refractivity contribution < 1.29 is 9.53 Å². The van der Waals surface area contributed by atoms with Gasteiger partial charge in [0.25, 0.3) is 0 Å². The topological polar surface area (TPSA) is 80.6 Å². The van der Waals surface area contributed by atoms with Crippen LogP contribution in [0.3, 0.4) is 0 Å². The molecule has 0 saturated heterocycles. The Morgan fingerprint density at radius 1 is 1.21 bits per heavy atom. The van der Waals surface area contributed by atoms with Gasteiger partial charge in [0.15, 0.2) is 11.4 Å². The number of fused-ring (bicyclic) bond motifs is 4. The third-order valence-electron chi connectivity index (χ3n) is 3.84. The summed E-state index contributed by atoms with van der Waals surface area (Å²) in [6.45, 7) is 1.69. The summed E-state index contributed by atoms with van der Waals surface area (Å²) in [5, 5.41) is 10.7. The molecule has 0 aliphatic carbocycles. The first kappa shape index (κ1) is 14.6.